The molecule has 3 aromatic rings. The van der Waals surface area contributed by atoms with Crippen LogP contribution in [0.2, 0.25) is 5.15 Å². The molecule has 0 radical (unpaired) electrons. The largest absolute Gasteiger partial charge is 0.488 e. The standard InChI is InChI=1S/C20H14ClIN4O4/c21-19-16(5-2-8-23-19)20(27)25-24-11-13-6-7-18(17(22)10-13)30-12-14-3-1-4-15(9-14)26(28)29/h1-11H,12H2,(H,25,27). The van der Waals surface area contributed by atoms with Gasteiger partial charge in [0.05, 0.1) is 20.3 Å². The molecule has 0 spiro atoms. The highest BCUT2D eigenvalue weighted by Crippen LogP contribution is 2.23. The first-order valence-electron chi connectivity index (χ1n) is 8.53. The van der Waals surface area contributed by atoms with E-state index in [0.717, 1.165) is 9.13 Å². The van der Waals surface area contributed by atoms with Crippen LogP contribution in [0, 0.1) is 13.7 Å². The van der Waals surface area contributed by atoms with Gasteiger partial charge in [-0.3, -0.25) is 14.9 Å². The maximum Gasteiger partial charge on any atom is 0.274 e. The number of carbonyl (C=O) groups is 1. The van der Waals surface area contributed by atoms with Gasteiger partial charge >= 0.3 is 0 Å². The van der Waals surface area contributed by atoms with Gasteiger partial charge < -0.3 is 4.74 Å². The van der Waals surface area contributed by atoms with E-state index in [2.05, 4.69) is 38.1 Å². The van der Waals surface area contributed by atoms with Crippen LogP contribution in [0.3, 0.4) is 0 Å². The molecule has 0 aliphatic rings. The van der Waals surface area contributed by atoms with Gasteiger partial charge in [0.1, 0.15) is 17.5 Å². The summed E-state index contributed by atoms with van der Waals surface area (Å²) in [5, 5.41) is 14.9. The Morgan fingerprint density at radius 2 is 2.10 bits per heavy atom. The van der Waals surface area contributed by atoms with Crippen LogP contribution >= 0.6 is 34.2 Å². The Bertz CT molecular complexity index is 1120. The van der Waals surface area contributed by atoms with Crippen molar-refractivity contribution >= 4 is 52.0 Å². The topological polar surface area (TPSA) is 107 Å². The van der Waals surface area contributed by atoms with E-state index >= 15 is 0 Å². The van der Waals surface area contributed by atoms with E-state index < -0.39 is 10.8 Å². The van der Waals surface area contributed by atoms with Crippen molar-refractivity contribution in [2.75, 3.05) is 0 Å². The quantitative estimate of drug-likeness (QED) is 0.156. The van der Waals surface area contributed by atoms with Crippen molar-refractivity contribution in [2.45, 2.75) is 6.61 Å². The Kier molecular flexibility index (Phi) is 7.31. The summed E-state index contributed by atoms with van der Waals surface area (Å²) in [5.74, 6) is 0.168. The number of nitro benzene ring substituents is 1. The van der Waals surface area contributed by atoms with Gasteiger partial charge in [-0.2, -0.15) is 5.10 Å². The lowest BCUT2D eigenvalue weighted by Crippen LogP contribution is -2.18. The third-order valence-electron chi connectivity index (χ3n) is 3.86. The van der Waals surface area contributed by atoms with E-state index in [4.69, 9.17) is 16.3 Å². The molecule has 1 N–H and O–H groups in total. The molecular formula is C20H14ClIN4O4. The first-order valence-corrected chi connectivity index (χ1v) is 9.99. The summed E-state index contributed by atoms with van der Waals surface area (Å²) in [7, 11) is 0. The van der Waals surface area contributed by atoms with Crippen molar-refractivity contribution in [3.8, 4) is 5.75 Å². The molecule has 2 aromatic carbocycles. The molecule has 8 nitrogen and oxygen atoms in total. The molecule has 0 atom stereocenters. The number of ether oxygens (including phenoxy) is 1. The Labute approximate surface area is 190 Å². The van der Waals surface area contributed by atoms with Crippen LogP contribution in [0.15, 0.2) is 65.9 Å². The number of non-ortho nitro benzene ring substituents is 1. The average Bonchev–Trinajstić information content (AvgIpc) is 2.73. The molecule has 152 valence electrons. The van der Waals surface area contributed by atoms with E-state index in [1.165, 1.54) is 24.5 Å². The molecule has 0 saturated heterocycles. The number of benzene rings is 2. The third kappa shape index (κ3) is 5.74. The summed E-state index contributed by atoms with van der Waals surface area (Å²) in [6.07, 6.45) is 2.99. The second-order valence-corrected chi connectivity index (χ2v) is 7.47. The van der Waals surface area contributed by atoms with Gasteiger partial charge in [0.2, 0.25) is 0 Å². The highest BCUT2D eigenvalue weighted by molar-refractivity contribution is 14.1. The van der Waals surface area contributed by atoms with E-state index in [1.54, 1.807) is 36.4 Å². The molecule has 1 amide bonds. The molecule has 30 heavy (non-hydrogen) atoms. The van der Waals surface area contributed by atoms with Crippen LogP contribution < -0.4 is 10.2 Å². The zero-order valence-electron chi connectivity index (χ0n) is 15.3. The molecule has 10 heteroatoms. The predicted molar refractivity (Wildman–Crippen MR) is 121 cm³/mol. The molecule has 0 aliphatic heterocycles. The minimum atomic E-state index is -0.462. The van der Waals surface area contributed by atoms with Crippen LogP contribution in [0.5, 0.6) is 5.75 Å². The van der Waals surface area contributed by atoms with Gasteiger partial charge in [0.25, 0.3) is 11.6 Å². The third-order valence-corrected chi connectivity index (χ3v) is 5.00. The molecular weight excluding hydrogens is 523 g/mol. The number of carbonyl (C=O) groups excluding carboxylic acids is 1. The zero-order valence-corrected chi connectivity index (χ0v) is 18.2. The molecule has 0 saturated carbocycles. The molecule has 0 fully saturated rings. The van der Waals surface area contributed by atoms with Crippen molar-refractivity contribution in [1.29, 1.82) is 0 Å². The van der Waals surface area contributed by atoms with Crippen LogP contribution in [0.4, 0.5) is 5.69 Å². The fraction of sp³-hybridized carbons (Fsp3) is 0.0500. The minimum Gasteiger partial charge on any atom is -0.488 e. The number of halogens is 2. The van der Waals surface area contributed by atoms with Gasteiger partial charge in [-0.15, -0.1) is 0 Å². The number of hydrogen-bond acceptors (Lipinski definition) is 6. The smallest absolute Gasteiger partial charge is 0.274 e. The first kappa shape index (κ1) is 21.7. The second-order valence-electron chi connectivity index (χ2n) is 5.95. The fourth-order valence-electron chi connectivity index (χ4n) is 2.42. The van der Waals surface area contributed by atoms with Gasteiger partial charge in [-0.25, -0.2) is 10.4 Å². The van der Waals surface area contributed by atoms with Gasteiger partial charge in [-0.1, -0.05) is 23.7 Å². The van der Waals surface area contributed by atoms with E-state index in [0.29, 0.717) is 11.3 Å². The van der Waals surface area contributed by atoms with Gasteiger partial charge in [-0.05, 0) is 64.0 Å². The van der Waals surface area contributed by atoms with Crippen molar-refractivity contribution in [1.82, 2.24) is 10.4 Å². The number of aromatic nitrogens is 1. The Morgan fingerprint density at radius 1 is 1.27 bits per heavy atom. The SMILES string of the molecule is O=C(NN=Cc1ccc(OCc2cccc([N+](=O)[O-])c2)c(I)c1)c1cccnc1Cl. The number of nitrogens with one attached hydrogen (secondary N) is 1. The maximum absolute atomic E-state index is 12.0. The number of nitro groups is 1. The van der Waals surface area contributed by atoms with E-state index in [1.807, 2.05) is 6.07 Å². The highest BCUT2D eigenvalue weighted by atomic mass is 127. The summed E-state index contributed by atoms with van der Waals surface area (Å²) in [4.78, 5) is 26.3. The van der Waals surface area contributed by atoms with E-state index in [-0.39, 0.29) is 23.0 Å². The lowest BCUT2D eigenvalue weighted by Gasteiger charge is -2.09. The number of nitrogens with zero attached hydrogens (tertiary/aromatic N) is 3. The monoisotopic (exact) mass is 536 g/mol. The van der Waals surface area contributed by atoms with E-state index in [9.17, 15) is 14.9 Å². The van der Waals surface area contributed by atoms with Crippen LogP contribution in [0.1, 0.15) is 21.5 Å². The van der Waals surface area contributed by atoms with Gasteiger partial charge in [0, 0.05) is 18.3 Å². The Morgan fingerprint density at radius 3 is 2.83 bits per heavy atom. The lowest BCUT2D eigenvalue weighted by molar-refractivity contribution is -0.384. The van der Waals surface area contributed by atoms with Crippen molar-refractivity contribution in [2.24, 2.45) is 5.10 Å². The summed E-state index contributed by atoms with van der Waals surface area (Å²) in [5.41, 5.74) is 4.10. The summed E-state index contributed by atoms with van der Waals surface area (Å²) < 4.78 is 6.58. The summed E-state index contributed by atoms with van der Waals surface area (Å²) >= 11 is 8.00. The van der Waals surface area contributed by atoms with Gasteiger partial charge in [0.15, 0.2) is 0 Å². The summed E-state index contributed by atoms with van der Waals surface area (Å²) in [6, 6.07) is 14.8. The van der Waals surface area contributed by atoms with Crippen LogP contribution in [-0.2, 0) is 6.61 Å². The Hall–Kier alpha value is -3.05. The summed E-state index contributed by atoms with van der Waals surface area (Å²) in [6.45, 7) is 0.201. The molecule has 3 rings (SSSR count). The second kappa shape index (κ2) is 10.1. The fourth-order valence-corrected chi connectivity index (χ4v) is 3.32. The molecule has 0 aliphatic carbocycles. The van der Waals surface area contributed by atoms with Crippen molar-refractivity contribution < 1.29 is 14.5 Å². The number of amides is 1. The molecule has 0 bridgehead atoms. The van der Waals surface area contributed by atoms with Crippen LogP contribution in [0.25, 0.3) is 0 Å². The Balaban J connectivity index is 1.60. The van der Waals surface area contributed by atoms with Crippen molar-refractivity contribution in [3.63, 3.8) is 0 Å². The van der Waals surface area contributed by atoms with Crippen LogP contribution in [-0.4, -0.2) is 22.0 Å². The zero-order chi connectivity index (χ0) is 21.5. The first-order chi connectivity index (χ1) is 14.4. The maximum atomic E-state index is 12.0. The lowest BCUT2D eigenvalue weighted by atomic mass is 10.2. The van der Waals surface area contributed by atoms with Crippen molar-refractivity contribution in [3.05, 3.63) is 96.3 Å². The number of pyridine rings is 1. The normalized spacial score (nSPS) is 10.7. The average molecular weight is 537 g/mol. The number of rotatable bonds is 7. The molecule has 1 heterocycles. The minimum absolute atomic E-state index is 0.0203. The molecule has 1 aromatic heterocycles. The molecule has 0 unspecified atom stereocenters. The predicted octanol–water partition coefficient (Wildman–Crippen LogP) is 4.59. The highest BCUT2D eigenvalue weighted by Gasteiger charge is 2.10. The number of hydrogen-bond donors (Lipinski definition) is 1. The number of hydrazone groups is 1.